The van der Waals surface area contributed by atoms with E-state index in [-0.39, 0.29) is 0 Å². The van der Waals surface area contributed by atoms with E-state index >= 15 is 0 Å². The van der Waals surface area contributed by atoms with Gasteiger partial charge in [0.1, 0.15) is 0 Å². The molecule has 2 N–H and O–H groups in total. The number of likely N-dealkylation sites (tertiary alicyclic amines) is 1. The molecule has 68 valence electrons. The first-order chi connectivity index (χ1) is 5.90. The van der Waals surface area contributed by atoms with E-state index in [0.29, 0.717) is 0 Å². The largest absolute Gasteiger partial charge is 0.330 e. The van der Waals surface area contributed by atoms with Crippen molar-refractivity contribution >= 4 is 0 Å². The van der Waals surface area contributed by atoms with Crippen molar-refractivity contribution in [3.05, 3.63) is 0 Å². The molecule has 3 aliphatic rings. The number of piperidine rings is 1. The topological polar surface area (TPSA) is 29.3 Å². The summed E-state index contributed by atoms with van der Waals surface area (Å²) in [7, 11) is 0. The Hall–Kier alpha value is -0.0800. The standard InChI is InChI=1S/C10H18N2/c11-4-8-9-5-12(6-10(8)9)7-2-1-3-7/h7-10H,1-6,11H2. The van der Waals surface area contributed by atoms with Crippen LogP contribution in [0.3, 0.4) is 0 Å². The predicted octanol–water partition coefficient (Wildman–Crippen LogP) is 0.675. The number of fused-ring (bicyclic) bond motifs is 1. The van der Waals surface area contributed by atoms with E-state index in [9.17, 15) is 0 Å². The second kappa shape index (κ2) is 2.46. The third-order valence-corrected chi connectivity index (χ3v) is 4.26. The molecule has 2 heteroatoms. The van der Waals surface area contributed by atoms with Gasteiger partial charge >= 0.3 is 0 Å². The van der Waals surface area contributed by atoms with Crippen molar-refractivity contribution in [3.8, 4) is 0 Å². The summed E-state index contributed by atoms with van der Waals surface area (Å²) < 4.78 is 0. The van der Waals surface area contributed by atoms with Gasteiger partial charge in [-0.05, 0) is 37.1 Å². The fraction of sp³-hybridized carbons (Fsp3) is 1.00. The summed E-state index contributed by atoms with van der Waals surface area (Å²) in [5, 5.41) is 0. The van der Waals surface area contributed by atoms with Crippen LogP contribution < -0.4 is 5.73 Å². The zero-order valence-electron chi connectivity index (χ0n) is 7.58. The third-order valence-electron chi connectivity index (χ3n) is 4.26. The van der Waals surface area contributed by atoms with Crippen LogP contribution in [0.4, 0.5) is 0 Å². The Morgan fingerprint density at radius 3 is 2.25 bits per heavy atom. The Labute approximate surface area is 74.1 Å². The summed E-state index contributed by atoms with van der Waals surface area (Å²) >= 11 is 0. The maximum absolute atomic E-state index is 5.67. The van der Waals surface area contributed by atoms with Gasteiger partial charge in [-0.25, -0.2) is 0 Å². The van der Waals surface area contributed by atoms with Gasteiger partial charge in [0, 0.05) is 19.1 Å². The molecule has 1 saturated heterocycles. The summed E-state index contributed by atoms with van der Waals surface area (Å²) in [6.45, 7) is 3.68. The lowest BCUT2D eigenvalue weighted by atomic mass is 9.91. The Bertz CT molecular complexity index is 176. The van der Waals surface area contributed by atoms with Crippen molar-refractivity contribution in [2.75, 3.05) is 19.6 Å². The number of hydrogen-bond donors (Lipinski definition) is 1. The van der Waals surface area contributed by atoms with Gasteiger partial charge in [0.2, 0.25) is 0 Å². The van der Waals surface area contributed by atoms with Crippen molar-refractivity contribution in [2.24, 2.45) is 23.5 Å². The molecule has 1 aliphatic heterocycles. The Balaban J connectivity index is 1.55. The quantitative estimate of drug-likeness (QED) is 0.653. The average Bonchev–Trinajstić information content (AvgIpc) is 2.42. The van der Waals surface area contributed by atoms with Gasteiger partial charge < -0.3 is 5.73 Å². The van der Waals surface area contributed by atoms with E-state index in [1.165, 1.54) is 32.4 Å². The van der Waals surface area contributed by atoms with Crippen LogP contribution in [0.15, 0.2) is 0 Å². The van der Waals surface area contributed by atoms with Gasteiger partial charge in [0.05, 0.1) is 0 Å². The van der Waals surface area contributed by atoms with Crippen LogP contribution in [0, 0.1) is 17.8 Å². The molecule has 0 aromatic rings. The molecule has 12 heavy (non-hydrogen) atoms. The third kappa shape index (κ3) is 0.882. The monoisotopic (exact) mass is 166 g/mol. The van der Waals surface area contributed by atoms with E-state index < -0.39 is 0 Å². The molecule has 3 rings (SSSR count). The number of hydrogen-bond acceptors (Lipinski definition) is 2. The van der Waals surface area contributed by atoms with Crippen LogP contribution in [0.5, 0.6) is 0 Å². The van der Waals surface area contributed by atoms with Crippen LogP contribution in [-0.2, 0) is 0 Å². The van der Waals surface area contributed by atoms with Crippen LogP contribution in [-0.4, -0.2) is 30.6 Å². The molecule has 1 heterocycles. The highest BCUT2D eigenvalue weighted by Crippen LogP contribution is 2.52. The molecule has 2 unspecified atom stereocenters. The second-order valence-electron chi connectivity index (χ2n) is 4.77. The normalized spacial score (nSPS) is 47.2. The van der Waals surface area contributed by atoms with Gasteiger partial charge in [-0.2, -0.15) is 0 Å². The van der Waals surface area contributed by atoms with Crippen molar-refractivity contribution in [3.63, 3.8) is 0 Å². The summed E-state index contributed by atoms with van der Waals surface area (Å²) in [5.74, 6) is 2.90. The number of nitrogens with two attached hydrogens (primary N) is 1. The lowest BCUT2D eigenvalue weighted by Gasteiger charge is -2.36. The van der Waals surface area contributed by atoms with Crippen LogP contribution in [0.2, 0.25) is 0 Å². The van der Waals surface area contributed by atoms with Crippen LogP contribution >= 0.6 is 0 Å². The molecule has 0 amide bonds. The van der Waals surface area contributed by atoms with Gasteiger partial charge in [0.15, 0.2) is 0 Å². The number of nitrogens with zero attached hydrogens (tertiary/aromatic N) is 1. The van der Waals surface area contributed by atoms with Gasteiger partial charge in [-0.3, -0.25) is 4.90 Å². The lowest BCUT2D eigenvalue weighted by molar-refractivity contribution is 0.137. The van der Waals surface area contributed by atoms with Crippen LogP contribution in [0.25, 0.3) is 0 Å². The number of rotatable bonds is 2. The van der Waals surface area contributed by atoms with E-state index in [4.69, 9.17) is 5.73 Å². The fourth-order valence-corrected chi connectivity index (χ4v) is 3.08. The second-order valence-corrected chi connectivity index (χ2v) is 4.77. The minimum Gasteiger partial charge on any atom is -0.330 e. The minimum absolute atomic E-state index is 0.904. The first-order valence-corrected chi connectivity index (χ1v) is 5.34. The molecule has 2 aliphatic carbocycles. The summed E-state index contributed by atoms with van der Waals surface area (Å²) in [6, 6.07) is 0.969. The van der Waals surface area contributed by atoms with Crippen molar-refractivity contribution in [1.29, 1.82) is 0 Å². The van der Waals surface area contributed by atoms with Crippen molar-refractivity contribution < 1.29 is 0 Å². The molecule has 0 spiro atoms. The summed E-state index contributed by atoms with van der Waals surface area (Å²) in [6.07, 6.45) is 4.40. The molecule has 2 nitrogen and oxygen atoms in total. The Morgan fingerprint density at radius 1 is 1.17 bits per heavy atom. The molecule has 2 saturated carbocycles. The highest BCUT2D eigenvalue weighted by atomic mass is 15.2. The van der Waals surface area contributed by atoms with Gasteiger partial charge in [0.25, 0.3) is 0 Å². The first kappa shape index (κ1) is 7.34. The maximum Gasteiger partial charge on any atom is 0.00955 e. The Kier molecular flexibility index (Phi) is 1.50. The summed E-state index contributed by atoms with van der Waals surface area (Å²) in [4.78, 5) is 2.71. The average molecular weight is 166 g/mol. The van der Waals surface area contributed by atoms with Crippen molar-refractivity contribution in [2.45, 2.75) is 25.3 Å². The summed E-state index contributed by atoms with van der Waals surface area (Å²) in [5.41, 5.74) is 5.67. The molecule has 2 atom stereocenters. The minimum atomic E-state index is 0.904. The maximum atomic E-state index is 5.67. The van der Waals surface area contributed by atoms with E-state index in [1.807, 2.05) is 0 Å². The SMILES string of the molecule is NCC1C2CN(C3CCC3)CC12. The highest BCUT2D eigenvalue weighted by Gasteiger charge is 2.55. The van der Waals surface area contributed by atoms with E-state index in [0.717, 1.165) is 30.3 Å². The van der Waals surface area contributed by atoms with Gasteiger partial charge in [-0.15, -0.1) is 0 Å². The predicted molar refractivity (Wildman–Crippen MR) is 48.7 cm³/mol. The highest BCUT2D eigenvalue weighted by molar-refractivity contribution is 5.07. The van der Waals surface area contributed by atoms with E-state index in [2.05, 4.69) is 4.90 Å². The Morgan fingerprint density at radius 2 is 1.83 bits per heavy atom. The zero-order valence-corrected chi connectivity index (χ0v) is 7.58. The molecular formula is C10H18N2. The van der Waals surface area contributed by atoms with Crippen molar-refractivity contribution in [1.82, 2.24) is 4.90 Å². The molecule has 0 aromatic heterocycles. The lowest BCUT2D eigenvalue weighted by Crippen LogP contribution is -2.40. The molecule has 3 fully saturated rings. The van der Waals surface area contributed by atoms with Crippen LogP contribution in [0.1, 0.15) is 19.3 Å². The van der Waals surface area contributed by atoms with Gasteiger partial charge in [-0.1, -0.05) is 6.42 Å². The fourth-order valence-electron chi connectivity index (χ4n) is 3.08. The first-order valence-electron chi connectivity index (χ1n) is 5.34. The molecular weight excluding hydrogens is 148 g/mol. The van der Waals surface area contributed by atoms with E-state index in [1.54, 1.807) is 0 Å². The molecule has 0 aromatic carbocycles. The smallest absolute Gasteiger partial charge is 0.00955 e. The molecule has 0 bridgehead atoms. The zero-order chi connectivity index (χ0) is 8.13. The molecule has 0 radical (unpaired) electrons.